The summed E-state index contributed by atoms with van der Waals surface area (Å²) < 4.78 is 0. The maximum atomic E-state index is 9.44. The van der Waals surface area contributed by atoms with E-state index in [4.69, 9.17) is 0 Å². The minimum absolute atomic E-state index is 0.167. The number of allylic oxidation sites excluding steroid dienone is 3. The average molecular weight is 567 g/mol. The van der Waals surface area contributed by atoms with E-state index >= 15 is 0 Å². The Kier molecular flexibility index (Phi) is 25.7. The van der Waals surface area contributed by atoms with Crippen molar-refractivity contribution in [2.24, 2.45) is 15.9 Å². The summed E-state index contributed by atoms with van der Waals surface area (Å²) in [7, 11) is 1.76. The predicted molar refractivity (Wildman–Crippen MR) is 185 cm³/mol. The van der Waals surface area contributed by atoms with Gasteiger partial charge >= 0.3 is 0 Å². The van der Waals surface area contributed by atoms with Crippen molar-refractivity contribution in [1.82, 2.24) is 9.97 Å². The van der Waals surface area contributed by atoms with Gasteiger partial charge in [0.2, 0.25) is 0 Å². The highest BCUT2D eigenvalue weighted by atomic mass is 16.1. The molecule has 0 aliphatic heterocycles. The van der Waals surface area contributed by atoms with E-state index in [0.29, 0.717) is 0 Å². The maximum Gasteiger partial charge on any atom is 0.126 e. The summed E-state index contributed by atoms with van der Waals surface area (Å²) in [6.45, 7) is 24.2. The molecule has 2 aromatic rings. The fourth-order valence-electron chi connectivity index (χ4n) is 4.31. The van der Waals surface area contributed by atoms with Gasteiger partial charge in [0.1, 0.15) is 5.78 Å². The third-order valence-corrected chi connectivity index (χ3v) is 6.44. The van der Waals surface area contributed by atoms with E-state index in [9.17, 15) is 4.79 Å². The fraction of sp³-hybridized carbons (Fsp3) is 0.611. The SMILES string of the molecule is C=C(C)N=C(C)/C(C=NC)=C(\C)c1ccc2nc[nH]c2c1.CC(C)=O.CCCC(CC)CCC.CCCCCCC. The zero-order valence-electron chi connectivity index (χ0n) is 28.5. The molecule has 0 saturated heterocycles. The van der Waals surface area contributed by atoms with Crippen LogP contribution in [-0.2, 0) is 4.79 Å². The molecule has 2 rings (SSSR count). The molecule has 1 heterocycles. The molecule has 1 aromatic heterocycles. The van der Waals surface area contributed by atoms with Gasteiger partial charge in [-0.1, -0.05) is 111 Å². The summed E-state index contributed by atoms with van der Waals surface area (Å²) in [6.07, 6.45) is 17.5. The van der Waals surface area contributed by atoms with Crippen LogP contribution in [0.4, 0.5) is 0 Å². The van der Waals surface area contributed by atoms with Gasteiger partial charge in [-0.05, 0) is 63.8 Å². The monoisotopic (exact) mass is 566 g/mol. The molecule has 41 heavy (non-hydrogen) atoms. The number of aliphatic imine (C=N–C) groups is 2. The van der Waals surface area contributed by atoms with Gasteiger partial charge < -0.3 is 9.78 Å². The van der Waals surface area contributed by atoms with E-state index in [0.717, 1.165) is 45.1 Å². The molecule has 0 saturated carbocycles. The van der Waals surface area contributed by atoms with Crippen molar-refractivity contribution in [3.63, 3.8) is 0 Å². The number of aromatic nitrogens is 2. The first-order valence-electron chi connectivity index (χ1n) is 15.8. The highest BCUT2D eigenvalue weighted by molar-refractivity contribution is 6.20. The van der Waals surface area contributed by atoms with Crippen LogP contribution in [0.5, 0.6) is 0 Å². The Morgan fingerprint density at radius 2 is 1.49 bits per heavy atom. The first-order valence-corrected chi connectivity index (χ1v) is 15.8. The van der Waals surface area contributed by atoms with E-state index in [1.54, 1.807) is 13.4 Å². The quantitative estimate of drug-likeness (QED) is 0.193. The second-order valence-electron chi connectivity index (χ2n) is 10.8. The van der Waals surface area contributed by atoms with Crippen molar-refractivity contribution in [3.05, 3.63) is 47.9 Å². The van der Waals surface area contributed by atoms with Gasteiger partial charge in [-0.3, -0.25) is 9.98 Å². The topological polar surface area (TPSA) is 70.5 Å². The largest absolute Gasteiger partial charge is 0.345 e. The van der Waals surface area contributed by atoms with Crippen molar-refractivity contribution in [2.75, 3.05) is 7.05 Å². The van der Waals surface area contributed by atoms with Crippen LogP contribution < -0.4 is 0 Å². The number of rotatable bonds is 13. The molecule has 0 spiro atoms. The van der Waals surface area contributed by atoms with Crippen LogP contribution in [-0.4, -0.2) is 34.7 Å². The number of carbonyl (C=O) groups excluding carboxylic acids is 1. The maximum absolute atomic E-state index is 9.44. The molecule has 232 valence electrons. The smallest absolute Gasteiger partial charge is 0.126 e. The Hall–Kier alpha value is -2.82. The van der Waals surface area contributed by atoms with Gasteiger partial charge in [0, 0.05) is 30.2 Å². The molecule has 0 atom stereocenters. The molecule has 1 aromatic carbocycles. The first-order chi connectivity index (χ1) is 19.5. The van der Waals surface area contributed by atoms with Gasteiger partial charge in [0.05, 0.1) is 17.4 Å². The normalized spacial score (nSPS) is 11.7. The Morgan fingerprint density at radius 1 is 0.927 bits per heavy atom. The first kappa shape index (κ1) is 40.3. The van der Waals surface area contributed by atoms with Crippen LogP contribution in [0.3, 0.4) is 0 Å². The van der Waals surface area contributed by atoms with Crippen LogP contribution in [0.1, 0.15) is 139 Å². The Labute approximate surface area is 253 Å². The number of ketones is 1. The second kappa shape index (κ2) is 26.1. The summed E-state index contributed by atoms with van der Waals surface area (Å²) in [6, 6.07) is 6.17. The van der Waals surface area contributed by atoms with Gasteiger partial charge in [0.15, 0.2) is 0 Å². The summed E-state index contributed by atoms with van der Waals surface area (Å²) in [5.41, 5.74) is 6.94. The van der Waals surface area contributed by atoms with Crippen LogP contribution in [0.25, 0.3) is 16.6 Å². The Morgan fingerprint density at radius 3 is 1.93 bits per heavy atom. The number of nitrogens with zero attached hydrogens (tertiary/aromatic N) is 3. The van der Waals surface area contributed by atoms with E-state index in [1.807, 2.05) is 26.1 Å². The van der Waals surface area contributed by atoms with Gasteiger partial charge in [-0.2, -0.15) is 0 Å². The molecule has 0 fully saturated rings. The number of nitrogens with one attached hydrogen (secondary N) is 1. The summed E-state index contributed by atoms with van der Waals surface area (Å²) >= 11 is 0. The summed E-state index contributed by atoms with van der Waals surface area (Å²) in [5.74, 6) is 1.18. The minimum Gasteiger partial charge on any atom is -0.345 e. The lowest BCUT2D eigenvalue weighted by atomic mass is 9.96. The van der Waals surface area contributed by atoms with Crippen molar-refractivity contribution < 1.29 is 4.79 Å². The number of imidazole rings is 1. The number of unbranched alkanes of at least 4 members (excludes halogenated alkanes) is 4. The van der Waals surface area contributed by atoms with Crippen LogP contribution >= 0.6 is 0 Å². The Bertz CT molecular complexity index is 1040. The third kappa shape index (κ3) is 20.7. The number of hydrogen-bond donors (Lipinski definition) is 1. The predicted octanol–water partition coefficient (Wildman–Crippen LogP) is 11.2. The number of hydrogen-bond acceptors (Lipinski definition) is 4. The van der Waals surface area contributed by atoms with Crippen molar-refractivity contribution in [2.45, 2.75) is 133 Å². The molecule has 0 amide bonds. The van der Waals surface area contributed by atoms with Crippen molar-refractivity contribution >= 4 is 34.3 Å². The lowest BCUT2D eigenvalue weighted by Crippen LogP contribution is -2.03. The lowest BCUT2D eigenvalue weighted by molar-refractivity contribution is -0.115. The molecular weight excluding hydrogens is 504 g/mol. The molecule has 0 aliphatic rings. The third-order valence-electron chi connectivity index (χ3n) is 6.44. The van der Waals surface area contributed by atoms with Crippen LogP contribution in [0.15, 0.2) is 52.4 Å². The molecule has 5 nitrogen and oxygen atoms in total. The van der Waals surface area contributed by atoms with E-state index in [1.165, 1.54) is 78.1 Å². The number of aromatic amines is 1. The van der Waals surface area contributed by atoms with Crippen molar-refractivity contribution in [3.8, 4) is 0 Å². The van der Waals surface area contributed by atoms with Gasteiger partial charge in [-0.15, -0.1) is 0 Å². The number of fused-ring (bicyclic) bond motifs is 1. The van der Waals surface area contributed by atoms with E-state index in [2.05, 4.69) is 80.2 Å². The van der Waals surface area contributed by atoms with Crippen molar-refractivity contribution in [1.29, 1.82) is 0 Å². The van der Waals surface area contributed by atoms with E-state index < -0.39 is 0 Å². The fourth-order valence-corrected chi connectivity index (χ4v) is 4.31. The summed E-state index contributed by atoms with van der Waals surface area (Å²) in [5, 5.41) is 0. The van der Waals surface area contributed by atoms with Gasteiger partial charge in [-0.25, -0.2) is 4.98 Å². The van der Waals surface area contributed by atoms with Crippen LogP contribution in [0, 0.1) is 5.92 Å². The highest BCUT2D eigenvalue weighted by Crippen LogP contribution is 2.22. The summed E-state index contributed by atoms with van der Waals surface area (Å²) in [4.78, 5) is 25.4. The van der Waals surface area contributed by atoms with E-state index in [-0.39, 0.29) is 5.78 Å². The zero-order chi connectivity index (χ0) is 31.6. The number of Topliss-reactive ketones (excluding diaryl/α,β-unsaturated/α-hetero) is 1. The molecule has 5 heteroatoms. The number of benzene rings is 1. The molecular formula is C36H62N4O. The zero-order valence-corrected chi connectivity index (χ0v) is 28.5. The van der Waals surface area contributed by atoms with Gasteiger partial charge in [0.25, 0.3) is 0 Å². The lowest BCUT2D eigenvalue weighted by Gasteiger charge is -2.10. The Balaban J connectivity index is 0. The molecule has 0 bridgehead atoms. The highest BCUT2D eigenvalue weighted by Gasteiger charge is 2.08. The minimum atomic E-state index is 0.167. The standard InChI is InChI=1S/C17H20N4.C9H20.C7H16.C3H6O/c1-11(2)21-13(4)15(9-18-5)12(3)14-6-7-16-17(8-14)20-10-19-16;1-4-7-9(6-3)8-5-2;1-3-5-7-6-4-2;1-3(2)4/h6-10H,1H2,2-5H3,(H,19,20);9H,4-8H2,1-3H3;3-7H2,1-2H3;1-2H3/b15-12+,18-9?,21-13?;;;. The number of H-pyrrole nitrogens is 1. The van der Waals surface area contributed by atoms with Crippen LogP contribution in [0.2, 0.25) is 0 Å². The molecule has 0 unspecified atom stereocenters. The molecule has 1 N–H and O–H groups in total. The average Bonchev–Trinajstić information content (AvgIpc) is 3.39. The second-order valence-corrected chi connectivity index (χ2v) is 10.8. The molecule has 0 aliphatic carbocycles. The number of carbonyl (C=O) groups is 1. The molecule has 0 radical (unpaired) electrons.